The van der Waals surface area contributed by atoms with E-state index in [4.69, 9.17) is 23.6 Å². The first-order chi connectivity index (χ1) is 34.8. The van der Waals surface area contributed by atoms with Crippen molar-refractivity contribution >= 4 is 13.8 Å². The summed E-state index contributed by atoms with van der Waals surface area (Å²) < 4.78 is 33.6. The molecule has 3 atom stereocenters. The zero-order valence-electron chi connectivity index (χ0n) is 47.5. The maximum absolute atomic E-state index is 12.7. The molecule has 0 bridgehead atoms. The van der Waals surface area contributed by atoms with Crippen molar-refractivity contribution in [1.29, 1.82) is 0 Å². The van der Waals surface area contributed by atoms with E-state index in [2.05, 4.69) is 13.8 Å². The van der Waals surface area contributed by atoms with E-state index in [1.54, 1.807) is 0 Å². The molecule has 10 heteroatoms. The van der Waals surface area contributed by atoms with Crippen molar-refractivity contribution < 1.29 is 43.0 Å². The zero-order valence-corrected chi connectivity index (χ0v) is 48.4. The first-order valence-electron chi connectivity index (χ1n) is 31.5. The van der Waals surface area contributed by atoms with Gasteiger partial charge in [0.2, 0.25) is 0 Å². The molecule has 0 aliphatic carbocycles. The predicted molar refractivity (Wildman–Crippen MR) is 302 cm³/mol. The summed E-state index contributed by atoms with van der Waals surface area (Å²) in [7, 11) is -4.52. The molecule has 0 rings (SSSR count). The molecule has 0 saturated carbocycles. The Morgan fingerprint density at radius 1 is 0.380 bits per heavy atom. The van der Waals surface area contributed by atoms with Gasteiger partial charge in [-0.2, -0.15) is 0 Å². The number of aliphatic hydroxyl groups excluding tert-OH is 2. The molecular weight excluding hydrogens is 908 g/mol. The molecule has 0 aliphatic rings. The summed E-state index contributed by atoms with van der Waals surface area (Å²) in [4.78, 5) is 22.8. The Hall–Kier alpha value is -0.540. The fraction of sp³-hybridized carbons (Fsp3) is 0.984. The molecule has 0 heterocycles. The zero-order chi connectivity index (χ0) is 51.7. The van der Waals surface area contributed by atoms with Crippen molar-refractivity contribution in [3.8, 4) is 0 Å². The molecule has 0 aromatic rings. The number of hydrogen-bond donors (Lipinski definition) is 3. The van der Waals surface area contributed by atoms with Crippen LogP contribution >= 0.6 is 7.82 Å². The lowest BCUT2D eigenvalue weighted by atomic mass is 10.0. The second-order valence-electron chi connectivity index (χ2n) is 21.8. The molecule has 0 radical (unpaired) electrons. The summed E-state index contributed by atoms with van der Waals surface area (Å²) in [5, 5.41) is 18.5. The van der Waals surface area contributed by atoms with Gasteiger partial charge in [-0.05, 0) is 12.8 Å². The third-order valence-corrected chi connectivity index (χ3v) is 15.5. The summed E-state index contributed by atoms with van der Waals surface area (Å²) in [6, 6.07) is 0. The molecule has 0 aliphatic heterocycles. The minimum absolute atomic E-state index is 0.0587. The van der Waals surface area contributed by atoms with Gasteiger partial charge in [0.15, 0.2) is 0 Å². The number of phosphoric ester groups is 1. The number of esters is 1. The number of phosphoric acid groups is 1. The number of ether oxygens (including phenoxy) is 2. The van der Waals surface area contributed by atoms with E-state index >= 15 is 0 Å². The lowest BCUT2D eigenvalue weighted by Crippen LogP contribution is -2.29. The van der Waals surface area contributed by atoms with Crippen LogP contribution in [-0.2, 0) is 27.9 Å². The predicted octanol–water partition coefficient (Wildman–Crippen LogP) is 19.3. The van der Waals surface area contributed by atoms with Crippen LogP contribution in [-0.4, -0.2) is 66.3 Å². The Balaban J connectivity index is 3.74. The molecule has 0 saturated heterocycles. The van der Waals surface area contributed by atoms with E-state index in [-0.39, 0.29) is 25.6 Å². The van der Waals surface area contributed by atoms with Gasteiger partial charge in [0.25, 0.3) is 0 Å². The fourth-order valence-electron chi connectivity index (χ4n) is 9.77. The van der Waals surface area contributed by atoms with Crippen LogP contribution in [0, 0.1) is 0 Å². The van der Waals surface area contributed by atoms with Crippen LogP contribution < -0.4 is 0 Å². The number of rotatable bonds is 62. The van der Waals surface area contributed by atoms with Crippen LogP contribution in [0.4, 0.5) is 0 Å². The SMILES string of the molecule is CCCCCCCCCCCCCCCCCCCCCCCCCCCCCCCCCCCCCCC(=O)O[C@H](COCCCCCCCCCCCCCCCC)COP(=O)(O)OC[C@@H](O)CO. The Kier molecular flexibility index (Phi) is 58.3. The highest BCUT2D eigenvalue weighted by Crippen LogP contribution is 2.43. The van der Waals surface area contributed by atoms with Gasteiger partial charge < -0.3 is 24.6 Å². The maximum Gasteiger partial charge on any atom is 0.472 e. The minimum atomic E-state index is -4.52. The Labute approximate surface area is 441 Å². The van der Waals surface area contributed by atoms with E-state index in [1.807, 2.05) is 0 Å². The van der Waals surface area contributed by atoms with Gasteiger partial charge in [0, 0.05) is 13.0 Å². The molecule has 426 valence electrons. The number of unbranched alkanes of at least 4 members (excludes halogenated alkanes) is 48. The van der Waals surface area contributed by atoms with E-state index in [0.29, 0.717) is 6.61 Å². The van der Waals surface area contributed by atoms with Crippen LogP contribution in [0.25, 0.3) is 0 Å². The van der Waals surface area contributed by atoms with E-state index in [1.165, 1.54) is 289 Å². The van der Waals surface area contributed by atoms with Gasteiger partial charge in [0.1, 0.15) is 12.2 Å². The van der Waals surface area contributed by atoms with Crippen LogP contribution in [0.3, 0.4) is 0 Å². The maximum atomic E-state index is 12.7. The second kappa shape index (κ2) is 58.7. The summed E-state index contributed by atoms with van der Waals surface area (Å²) in [6.07, 6.45) is 65.6. The molecule has 0 fully saturated rings. The molecule has 71 heavy (non-hydrogen) atoms. The van der Waals surface area contributed by atoms with Crippen molar-refractivity contribution in [1.82, 2.24) is 0 Å². The molecular formula is C61H123O9P. The number of carbonyl (C=O) groups is 1. The summed E-state index contributed by atoms with van der Waals surface area (Å²) in [6.45, 7) is 3.62. The first-order valence-corrected chi connectivity index (χ1v) is 33.0. The highest BCUT2D eigenvalue weighted by Gasteiger charge is 2.26. The average molecular weight is 1030 g/mol. The quantitative estimate of drug-likeness (QED) is 0.0309. The van der Waals surface area contributed by atoms with Crippen LogP contribution in [0.2, 0.25) is 0 Å². The third kappa shape index (κ3) is 58.6. The number of aliphatic hydroxyl groups is 2. The highest BCUT2D eigenvalue weighted by molar-refractivity contribution is 7.47. The lowest BCUT2D eigenvalue weighted by Gasteiger charge is -2.20. The summed E-state index contributed by atoms with van der Waals surface area (Å²) in [5.41, 5.74) is 0. The van der Waals surface area contributed by atoms with Crippen molar-refractivity contribution in [3.05, 3.63) is 0 Å². The van der Waals surface area contributed by atoms with Gasteiger partial charge in [-0.15, -0.1) is 0 Å². The monoisotopic (exact) mass is 1030 g/mol. The average Bonchev–Trinajstić information content (AvgIpc) is 3.36. The standard InChI is InChI=1S/C61H123O9P/c1-3-5-7-9-11-13-15-17-19-20-21-22-23-24-25-26-27-28-29-30-31-32-33-34-35-36-37-38-39-40-41-43-45-47-49-51-53-61(64)70-60(58-69-71(65,66)68-56-59(63)55-62)57-67-54-52-50-48-46-44-42-18-16-14-12-10-8-6-4-2/h59-60,62-63H,3-58H2,1-2H3,(H,65,66)/t59-,60+/m0/s1. The van der Waals surface area contributed by atoms with Crippen molar-refractivity contribution in [2.24, 2.45) is 0 Å². The van der Waals surface area contributed by atoms with Crippen LogP contribution in [0.15, 0.2) is 0 Å². The van der Waals surface area contributed by atoms with Crippen LogP contribution in [0.1, 0.15) is 341 Å². The molecule has 0 spiro atoms. The Morgan fingerprint density at radius 2 is 0.634 bits per heavy atom. The fourth-order valence-corrected chi connectivity index (χ4v) is 10.6. The molecule has 3 N–H and O–H groups in total. The van der Waals surface area contributed by atoms with Gasteiger partial charge in [0.05, 0.1) is 26.4 Å². The topological polar surface area (TPSA) is 132 Å². The molecule has 1 unspecified atom stereocenters. The Bertz CT molecular complexity index is 1080. The van der Waals surface area contributed by atoms with E-state index in [9.17, 15) is 19.4 Å². The van der Waals surface area contributed by atoms with E-state index < -0.39 is 33.2 Å². The van der Waals surface area contributed by atoms with Gasteiger partial charge >= 0.3 is 13.8 Å². The largest absolute Gasteiger partial charge is 0.472 e. The van der Waals surface area contributed by atoms with Gasteiger partial charge in [-0.25, -0.2) is 4.57 Å². The molecule has 9 nitrogen and oxygen atoms in total. The smallest absolute Gasteiger partial charge is 0.457 e. The van der Waals surface area contributed by atoms with Gasteiger partial charge in [-0.3, -0.25) is 13.8 Å². The van der Waals surface area contributed by atoms with Crippen LogP contribution in [0.5, 0.6) is 0 Å². The normalized spacial score (nSPS) is 13.5. The Morgan fingerprint density at radius 3 is 0.915 bits per heavy atom. The summed E-state index contributed by atoms with van der Waals surface area (Å²) >= 11 is 0. The second-order valence-corrected chi connectivity index (χ2v) is 23.3. The van der Waals surface area contributed by atoms with Gasteiger partial charge in [-0.1, -0.05) is 322 Å². The van der Waals surface area contributed by atoms with Crippen molar-refractivity contribution in [2.75, 3.05) is 33.0 Å². The van der Waals surface area contributed by atoms with E-state index in [0.717, 1.165) is 32.1 Å². The van der Waals surface area contributed by atoms with Crippen molar-refractivity contribution in [3.63, 3.8) is 0 Å². The molecule has 0 amide bonds. The van der Waals surface area contributed by atoms with Crippen molar-refractivity contribution in [2.45, 2.75) is 354 Å². The molecule has 0 aromatic heterocycles. The summed E-state index contributed by atoms with van der Waals surface area (Å²) in [5.74, 6) is -0.371. The number of hydrogen-bond acceptors (Lipinski definition) is 8. The minimum Gasteiger partial charge on any atom is -0.457 e. The lowest BCUT2D eigenvalue weighted by molar-refractivity contribution is -0.154. The highest BCUT2D eigenvalue weighted by atomic mass is 31.2. The third-order valence-electron chi connectivity index (χ3n) is 14.5. The molecule has 0 aromatic carbocycles. The first kappa shape index (κ1) is 70.5. The number of carbonyl (C=O) groups excluding carboxylic acids is 1.